The molecular formula is C11H16N2O2. The minimum Gasteiger partial charge on any atom is -0.456 e. The SMILES string of the molecule is Cc1cc(C)c(C(=O)NC2CCNC2)o1. The van der Waals surface area contributed by atoms with Crippen LogP contribution in [0.5, 0.6) is 0 Å². The number of amides is 1. The predicted molar refractivity (Wildman–Crippen MR) is 56.9 cm³/mol. The Hall–Kier alpha value is -1.29. The van der Waals surface area contributed by atoms with Crippen LogP contribution in [-0.2, 0) is 0 Å². The van der Waals surface area contributed by atoms with Gasteiger partial charge in [0.2, 0.25) is 0 Å². The highest BCUT2D eigenvalue weighted by Gasteiger charge is 2.20. The van der Waals surface area contributed by atoms with Crippen molar-refractivity contribution < 1.29 is 9.21 Å². The van der Waals surface area contributed by atoms with Gasteiger partial charge in [-0.05, 0) is 32.9 Å². The normalized spacial score (nSPS) is 20.5. The predicted octanol–water partition coefficient (Wildman–Crippen LogP) is 0.988. The summed E-state index contributed by atoms with van der Waals surface area (Å²) in [7, 11) is 0. The zero-order chi connectivity index (χ0) is 10.8. The molecule has 1 aromatic rings. The largest absolute Gasteiger partial charge is 0.456 e. The monoisotopic (exact) mass is 208 g/mol. The quantitative estimate of drug-likeness (QED) is 0.762. The van der Waals surface area contributed by atoms with Crippen molar-refractivity contribution in [1.82, 2.24) is 10.6 Å². The Balaban J connectivity index is 2.03. The molecule has 0 saturated carbocycles. The fraction of sp³-hybridized carbons (Fsp3) is 0.545. The van der Waals surface area contributed by atoms with Crippen LogP contribution in [0.1, 0.15) is 28.3 Å². The average molecular weight is 208 g/mol. The van der Waals surface area contributed by atoms with E-state index in [1.54, 1.807) is 0 Å². The highest BCUT2D eigenvalue weighted by atomic mass is 16.3. The van der Waals surface area contributed by atoms with E-state index in [0.29, 0.717) is 5.76 Å². The van der Waals surface area contributed by atoms with Crippen molar-refractivity contribution >= 4 is 5.91 Å². The van der Waals surface area contributed by atoms with E-state index in [1.165, 1.54) is 0 Å². The number of rotatable bonds is 2. The first-order chi connectivity index (χ1) is 7.16. The second kappa shape index (κ2) is 4.06. The van der Waals surface area contributed by atoms with E-state index in [1.807, 2.05) is 19.9 Å². The second-order valence-electron chi connectivity index (χ2n) is 4.03. The minimum atomic E-state index is -0.102. The van der Waals surface area contributed by atoms with Crippen LogP contribution in [0, 0.1) is 13.8 Å². The molecule has 1 saturated heterocycles. The molecule has 82 valence electrons. The third kappa shape index (κ3) is 2.21. The lowest BCUT2D eigenvalue weighted by atomic mass is 10.2. The van der Waals surface area contributed by atoms with Crippen molar-refractivity contribution in [2.24, 2.45) is 0 Å². The summed E-state index contributed by atoms with van der Waals surface area (Å²) in [6.45, 7) is 5.56. The molecule has 2 rings (SSSR count). The van der Waals surface area contributed by atoms with Gasteiger partial charge in [0, 0.05) is 18.2 Å². The van der Waals surface area contributed by atoms with Crippen LogP contribution in [0.25, 0.3) is 0 Å². The lowest BCUT2D eigenvalue weighted by molar-refractivity contribution is 0.0910. The maximum Gasteiger partial charge on any atom is 0.287 e. The molecule has 1 atom stereocenters. The van der Waals surface area contributed by atoms with Gasteiger partial charge >= 0.3 is 0 Å². The Morgan fingerprint density at radius 2 is 2.40 bits per heavy atom. The van der Waals surface area contributed by atoms with E-state index in [4.69, 9.17) is 4.42 Å². The van der Waals surface area contributed by atoms with E-state index in [9.17, 15) is 4.79 Å². The standard InChI is InChI=1S/C11H16N2O2/c1-7-5-8(2)15-10(7)11(14)13-9-3-4-12-6-9/h5,9,12H,3-4,6H2,1-2H3,(H,13,14). The summed E-state index contributed by atoms with van der Waals surface area (Å²) in [5.74, 6) is 1.12. The Kier molecular flexibility index (Phi) is 2.77. The van der Waals surface area contributed by atoms with Crippen LogP contribution in [0.3, 0.4) is 0 Å². The first-order valence-corrected chi connectivity index (χ1v) is 5.25. The van der Waals surface area contributed by atoms with Crippen LogP contribution >= 0.6 is 0 Å². The van der Waals surface area contributed by atoms with Gasteiger partial charge in [0.15, 0.2) is 5.76 Å². The van der Waals surface area contributed by atoms with Gasteiger partial charge in [-0.2, -0.15) is 0 Å². The summed E-state index contributed by atoms with van der Waals surface area (Å²) >= 11 is 0. The average Bonchev–Trinajstić information content (AvgIpc) is 2.75. The van der Waals surface area contributed by atoms with Crippen LogP contribution in [-0.4, -0.2) is 25.0 Å². The lowest BCUT2D eigenvalue weighted by Gasteiger charge is -2.09. The Morgan fingerprint density at radius 3 is 2.93 bits per heavy atom. The molecular weight excluding hydrogens is 192 g/mol. The van der Waals surface area contributed by atoms with Crippen LogP contribution in [0.4, 0.5) is 0 Å². The maximum absolute atomic E-state index is 11.8. The summed E-state index contributed by atoms with van der Waals surface area (Å²) < 4.78 is 5.35. The van der Waals surface area contributed by atoms with E-state index in [0.717, 1.165) is 30.8 Å². The molecule has 1 fully saturated rings. The fourth-order valence-electron chi connectivity index (χ4n) is 1.90. The van der Waals surface area contributed by atoms with Gasteiger partial charge < -0.3 is 15.1 Å². The molecule has 15 heavy (non-hydrogen) atoms. The van der Waals surface area contributed by atoms with E-state index in [2.05, 4.69) is 10.6 Å². The fourth-order valence-corrected chi connectivity index (χ4v) is 1.90. The molecule has 4 nitrogen and oxygen atoms in total. The van der Waals surface area contributed by atoms with Crippen molar-refractivity contribution in [2.45, 2.75) is 26.3 Å². The molecule has 0 aliphatic carbocycles. The number of carbonyl (C=O) groups is 1. The zero-order valence-corrected chi connectivity index (χ0v) is 9.09. The van der Waals surface area contributed by atoms with Crippen molar-refractivity contribution in [3.05, 3.63) is 23.2 Å². The van der Waals surface area contributed by atoms with Gasteiger partial charge in [0.05, 0.1) is 0 Å². The molecule has 1 aliphatic rings. The third-order valence-corrected chi connectivity index (χ3v) is 2.64. The molecule has 0 aromatic carbocycles. The summed E-state index contributed by atoms with van der Waals surface area (Å²) in [6, 6.07) is 2.12. The molecule has 1 aliphatic heterocycles. The summed E-state index contributed by atoms with van der Waals surface area (Å²) in [5.41, 5.74) is 0.899. The summed E-state index contributed by atoms with van der Waals surface area (Å²) in [6.07, 6.45) is 0.991. The highest BCUT2D eigenvalue weighted by Crippen LogP contribution is 2.13. The van der Waals surface area contributed by atoms with Crippen LogP contribution < -0.4 is 10.6 Å². The van der Waals surface area contributed by atoms with E-state index >= 15 is 0 Å². The molecule has 2 N–H and O–H groups in total. The maximum atomic E-state index is 11.8. The molecule has 0 radical (unpaired) electrons. The van der Waals surface area contributed by atoms with Crippen molar-refractivity contribution in [3.63, 3.8) is 0 Å². The number of hydrogen-bond acceptors (Lipinski definition) is 3. The Bertz CT molecular complexity index is 365. The van der Waals surface area contributed by atoms with Gasteiger partial charge in [0.1, 0.15) is 5.76 Å². The van der Waals surface area contributed by atoms with Crippen LogP contribution in [0.15, 0.2) is 10.5 Å². The van der Waals surface area contributed by atoms with Crippen molar-refractivity contribution in [2.75, 3.05) is 13.1 Å². The third-order valence-electron chi connectivity index (χ3n) is 2.64. The molecule has 2 heterocycles. The Labute approximate surface area is 89.0 Å². The topological polar surface area (TPSA) is 54.3 Å². The van der Waals surface area contributed by atoms with E-state index < -0.39 is 0 Å². The van der Waals surface area contributed by atoms with Gasteiger partial charge in [-0.15, -0.1) is 0 Å². The smallest absolute Gasteiger partial charge is 0.287 e. The van der Waals surface area contributed by atoms with E-state index in [-0.39, 0.29) is 11.9 Å². The number of carbonyl (C=O) groups excluding carboxylic acids is 1. The number of aryl methyl sites for hydroxylation is 2. The number of furan rings is 1. The minimum absolute atomic E-state index is 0.102. The number of hydrogen-bond donors (Lipinski definition) is 2. The van der Waals surface area contributed by atoms with Crippen molar-refractivity contribution in [1.29, 1.82) is 0 Å². The highest BCUT2D eigenvalue weighted by molar-refractivity contribution is 5.93. The Morgan fingerprint density at radius 1 is 1.60 bits per heavy atom. The van der Waals surface area contributed by atoms with Crippen molar-refractivity contribution in [3.8, 4) is 0 Å². The van der Waals surface area contributed by atoms with Gasteiger partial charge in [0.25, 0.3) is 5.91 Å². The van der Waals surface area contributed by atoms with Gasteiger partial charge in [-0.25, -0.2) is 0 Å². The molecule has 1 amide bonds. The summed E-state index contributed by atoms with van der Waals surface area (Å²) in [4.78, 5) is 11.8. The van der Waals surface area contributed by atoms with Crippen LogP contribution in [0.2, 0.25) is 0 Å². The van der Waals surface area contributed by atoms with Gasteiger partial charge in [-0.1, -0.05) is 0 Å². The second-order valence-corrected chi connectivity index (χ2v) is 4.03. The first-order valence-electron chi connectivity index (χ1n) is 5.25. The summed E-state index contributed by atoms with van der Waals surface area (Å²) in [5, 5.41) is 6.16. The molecule has 1 unspecified atom stereocenters. The number of nitrogens with one attached hydrogen (secondary N) is 2. The molecule has 1 aromatic heterocycles. The van der Waals surface area contributed by atoms with Gasteiger partial charge in [-0.3, -0.25) is 4.79 Å². The lowest BCUT2D eigenvalue weighted by Crippen LogP contribution is -2.36. The first kappa shape index (κ1) is 10.2. The molecule has 0 spiro atoms. The molecule has 4 heteroatoms. The zero-order valence-electron chi connectivity index (χ0n) is 9.09. The molecule has 0 bridgehead atoms.